The van der Waals surface area contributed by atoms with Crippen molar-refractivity contribution in [1.29, 1.82) is 0 Å². The number of carboxylic acid groups (broad SMARTS) is 1. The second-order valence-corrected chi connectivity index (χ2v) is 6.07. The third-order valence-electron chi connectivity index (χ3n) is 3.98. The van der Waals surface area contributed by atoms with Crippen LogP contribution in [0.5, 0.6) is 0 Å². The molecular formula is C18H35Mg2O3+. The Bertz CT molecular complexity index is 214. The second kappa shape index (κ2) is 27.8. The Morgan fingerprint density at radius 1 is 0.609 bits per heavy atom. The molecule has 0 unspecified atom stereocenters. The summed E-state index contributed by atoms with van der Waals surface area (Å²) in [6.45, 7) is 2.27. The van der Waals surface area contributed by atoms with Crippen LogP contribution >= 0.6 is 0 Å². The van der Waals surface area contributed by atoms with Crippen LogP contribution in [0.2, 0.25) is 0 Å². The van der Waals surface area contributed by atoms with Gasteiger partial charge in [-0.15, -0.1) is 0 Å². The first-order valence-electron chi connectivity index (χ1n) is 8.97. The van der Waals surface area contributed by atoms with Gasteiger partial charge in [-0.2, -0.15) is 0 Å². The number of hydrogen-bond acceptors (Lipinski definition) is 2. The van der Waals surface area contributed by atoms with Crippen LogP contribution in [0, 0.1) is 0 Å². The molecule has 0 amide bonds. The van der Waals surface area contributed by atoms with E-state index < -0.39 is 5.97 Å². The van der Waals surface area contributed by atoms with Crippen molar-refractivity contribution in [3.05, 3.63) is 0 Å². The molecule has 0 aromatic heterocycles. The predicted octanol–water partition coefficient (Wildman–Crippen LogP) is 4.12. The van der Waals surface area contributed by atoms with Gasteiger partial charge in [-0.05, 0) is 12.8 Å². The molecule has 0 fully saturated rings. The molecule has 0 aliphatic heterocycles. The minimum atomic E-state index is -0.903. The van der Waals surface area contributed by atoms with E-state index in [4.69, 9.17) is 0 Å². The molecule has 5 heteroatoms. The molecule has 128 valence electrons. The smallest absolute Gasteiger partial charge is 2.00 e. The fourth-order valence-corrected chi connectivity index (χ4v) is 2.64. The van der Waals surface area contributed by atoms with Crippen molar-refractivity contribution >= 4 is 52.1 Å². The molecule has 0 rings (SSSR count). The quantitative estimate of drug-likeness (QED) is 0.311. The topological polar surface area (TPSA) is 68.6 Å². The zero-order chi connectivity index (χ0) is 14.9. The normalized spacial score (nSPS) is 9.43. The number of aliphatic carboxylic acids is 1. The number of carbonyl (C=O) groups excluding carboxylic acids is 1. The van der Waals surface area contributed by atoms with Gasteiger partial charge in [0, 0.05) is 5.97 Å². The largest absolute Gasteiger partial charge is 2.00 e. The third kappa shape index (κ3) is 31.3. The average Bonchev–Trinajstić information content (AvgIpc) is 2.43. The van der Waals surface area contributed by atoms with Gasteiger partial charge >= 0.3 is 46.1 Å². The maximum Gasteiger partial charge on any atom is 2.00 e. The SMILES string of the molecule is CCCCCCCCCCCCCCCCCC(=O)[O-].[Mg+2].[Mg+2].[O-2]. The summed E-state index contributed by atoms with van der Waals surface area (Å²) in [5.74, 6) is -0.903. The van der Waals surface area contributed by atoms with Crippen molar-refractivity contribution in [2.24, 2.45) is 0 Å². The summed E-state index contributed by atoms with van der Waals surface area (Å²) < 4.78 is 0. The number of unbranched alkanes of at least 4 members (excludes halogenated alkanes) is 14. The Morgan fingerprint density at radius 3 is 1.13 bits per heavy atom. The molecule has 0 saturated carbocycles. The van der Waals surface area contributed by atoms with Crippen LogP contribution < -0.4 is 5.11 Å². The molecule has 0 N–H and O–H groups in total. The van der Waals surface area contributed by atoms with E-state index in [1.165, 1.54) is 83.5 Å². The second-order valence-electron chi connectivity index (χ2n) is 6.07. The maximum absolute atomic E-state index is 10.2. The Kier molecular flexibility index (Phi) is 38.3. The van der Waals surface area contributed by atoms with Crippen LogP contribution in [0.4, 0.5) is 0 Å². The van der Waals surface area contributed by atoms with Crippen LogP contribution in [0.15, 0.2) is 0 Å². The Morgan fingerprint density at radius 2 is 0.870 bits per heavy atom. The number of rotatable bonds is 16. The Hall–Kier alpha value is 0.962. The predicted molar refractivity (Wildman–Crippen MR) is 96.7 cm³/mol. The van der Waals surface area contributed by atoms with Crippen molar-refractivity contribution in [2.45, 2.75) is 110 Å². The van der Waals surface area contributed by atoms with Crippen LogP contribution in [0.1, 0.15) is 110 Å². The fraction of sp³-hybridized carbons (Fsp3) is 0.944. The van der Waals surface area contributed by atoms with Gasteiger partial charge in [-0.3, -0.25) is 0 Å². The van der Waals surface area contributed by atoms with Gasteiger partial charge < -0.3 is 15.4 Å². The molecule has 0 atom stereocenters. The van der Waals surface area contributed by atoms with Crippen LogP contribution in [-0.4, -0.2) is 52.1 Å². The van der Waals surface area contributed by atoms with Crippen LogP contribution in [0.3, 0.4) is 0 Å². The first kappa shape index (κ1) is 31.7. The maximum atomic E-state index is 10.2. The molecule has 0 aliphatic carbocycles. The zero-order valence-corrected chi connectivity index (χ0v) is 18.3. The van der Waals surface area contributed by atoms with Gasteiger partial charge in [0.15, 0.2) is 0 Å². The number of carbonyl (C=O) groups is 1. The molecule has 0 aromatic rings. The summed E-state index contributed by atoms with van der Waals surface area (Å²) in [7, 11) is 0. The van der Waals surface area contributed by atoms with Gasteiger partial charge in [-0.25, -0.2) is 0 Å². The zero-order valence-electron chi connectivity index (χ0n) is 15.5. The van der Waals surface area contributed by atoms with E-state index in [9.17, 15) is 9.90 Å². The van der Waals surface area contributed by atoms with Crippen molar-refractivity contribution < 1.29 is 15.4 Å². The minimum absolute atomic E-state index is 0. The van der Waals surface area contributed by atoms with Gasteiger partial charge in [0.1, 0.15) is 0 Å². The molecule has 0 saturated heterocycles. The Labute approximate surface area is 176 Å². The van der Waals surface area contributed by atoms with Crippen molar-refractivity contribution in [1.82, 2.24) is 0 Å². The summed E-state index contributed by atoms with van der Waals surface area (Å²) in [6, 6.07) is 0. The summed E-state index contributed by atoms with van der Waals surface area (Å²) in [5, 5.41) is 10.2. The van der Waals surface area contributed by atoms with E-state index >= 15 is 0 Å². The van der Waals surface area contributed by atoms with Gasteiger partial charge in [-0.1, -0.05) is 96.8 Å². The van der Waals surface area contributed by atoms with Gasteiger partial charge in [0.25, 0.3) is 0 Å². The molecular weight excluding hydrogens is 313 g/mol. The third-order valence-corrected chi connectivity index (χ3v) is 3.98. The average molecular weight is 348 g/mol. The minimum Gasteiger partial charge on any atom is -2.00 e. The summed E-state index contributed by atoms with van der Waals surface area (Å²) in [6.07, 6.45) is 19.9. The van der Waals surface area contributed by atoms with Crippen LogP contribution in [-0.2, 0) is 10.3 Å². The van der Waals surface area contributed by atoms with Crippen molar-refractivity contribution in [2.75, 3.05) is 0 Å². The van der Waals surface area contributed by atoms with E-state index in [1.54, 1.807) is 0 Å². The molecule has 0 bridgehead atoms. The van der Waals surface area contributed by atoms with E-state index in [0.29, 0.717) is 0 Å². The fourth-order valence-electron chi connectivity index (χ4n) is 2.64. The molecule has 0 heterocycles. The Balaban J connectivity index is -0.000000602. The monoisotopic (exact) mass is 347 g/mol. The molecule has 23 heavy (non-hydrogen) atoms. The molecule has 0 radical (unpaired) electrons. The van der Waals surface area contributed by atoms with E-state index in [0.717, 1.165) is 12.8 Å². The number of hydrogen-bond donors (Lipinski definition) is 0. The molecule has 0 aromatic carbocycles. The summed E-state index contributed by atoms with van der Waals surface area (Å²) in [5.41, 5.74) is 0. The standard InChI is InChI=1S/C18H36O2.2Mg.O/c1-2-3-4-5-6-7-8-9-10-11-12-13-14-15-16-17-18(19)20;;;/h2-17H2,1H3,(H,19,20);;;/q;2*+2;-2/p-1. The number of carboxylic acids is 1. The molecule has 3 nitrogen and oxygen atoms in total. The van der Waals surface area contributed by atoms with E-state index in [1.807, 2.05) is 0 Å². The summed E-state index contributed by atoms with van der Waals surface area (Å²) in [4.78, 5) is 10.2. The first-order chi connectivity index (χ1) is 9.77. The molecule has 0 aliphatic rings. The first-order valence-corrected chi connectivity index (χ1v) is 8.97. The summed E-state index contributed by atoms with van der Waals surface area (Å²) >= 11 is 0. The van der Waals surface area contributed by atoms with Crippen LogP contribution in [0.25, 0.3) is 0 Å². The van der Waals surface area contributed by atoms with Gasteiger partial charge in [0.05, 0.1) is 0 Å². The van der Waals surface area contributed by atoms with Crippen molar-refractivity contribution in [3.8, 4) is 0 Å². The van der Waals surface area contributed by atoms with E-state index in [2.05, 4.69) is 6.92 Å². The van der Waals surface area contributed by atoms with Crippen molar-refractivity contribution in [3.63, 3.8) is 0 Å². The van der Waals surface area contributed by atoms with E-state index in [-0.39, 0.29) is 58.0 Å². The van der Waals surface area contributed by atoms with Gasteiger partial charge in [0.2, 0.25) is 0 Å². The molecule has 0 spiro atoms.